The fourth-order valence-electron chi connectivity index (χ4n) is 1.70. The molecule has 1 aromatic rings. The van der Waals surface area contributed by atoms with Gasteiger partial charge in [-0.05, 0) is 18.6 Å². The first-order valence-corrected chi connectivity index (χ1v) is 6.27. The highest BCUT2D eigenvalue weighted by Crippen LogP contribution is 2.36. The molecule has 1 amide bonds. The van der Waals surface area contributed by atoms with Crippen molar-refractivity contribution in [3.05, 3.63) is 17.6 Å². The Morgan fingerprint density at radius 2 is 2.31 bits per heavy atom. The molecule has 86 valence electrons. The third-order valence-corrected chi connectivity index (χ3v) is 3.94. The summed E-state index contributed by atoms with van der Waals surface area (Å²) in [6, 6.07) is 0. The first-order chi connectivity index (χ1) is 7.68. The van der Waals surface area contributed by atoms with Gasteiger partial charge in [-0.25, -0.2) is 9.97 Å². The zero-order chi connectivity index (χ0) is 11.5. The molecule has 0 spiro atoms. The predicted molar refractivity (Wildman–Crippen MR) is 64.0 cm³/mol. The third-order valence-electron chi connectivity index (χ3n) is 2.57. The molecule has 0 aliphatic carbocycles. The molecule has 2 heterocycles. The van der Waals surface area contributed by atoms with Crippen LogP contribution in [0.3, 0.4) is 0 Å². The molecule has 0 aromatic carbocycles. The van der Waals surface area contributed by atoms with Crippen LogP contribution in [0.5, 0.6) is 0 Å². The van der Waals surface area contributed by atoms with Gasteiger partial charge in [-0.1, -0.05) is 6.42 Å². The number of nitrogens with two attached hydrogens (primary N) is 2. The molecule has 16 heavy (non-hydrogen) atoms. The van der Waals surface area contributed by atoms with Gasteiger partial charge >= 0.3 is 0 Å². The molecule has 0 saturated carbocycles. The Morgan fingerprint density at radius 1 is 1.50 bits per heavy atom. The summed E-state index contributed by atoms with van der Waals surface area (Å²) >= 11 is 1.84. The van der Waals surface area contributed by atoms with Crippen molar-refractivity contribution in [2.75, 3.05) is 11.5 Å². The van der Waals surface area contributed by atoms with Gasteiger partial charge in [0.05, 0.1) is 10.8 Å². The second-order valence-corrected chi connectivity index (χ2v) is 5.06. The van der Waals surface area contributed by atoms with Gasteiger partial charge in [0, 0.05) is 6.20 Å². The molecule has 1 atom stereocenters. The molecule has 6 heteroatoms. The highest BCUT2D eigenvalue weighted by atomic mass is 32.2. The van der Waals surface area contributed by atoms with E-state index in [0.717, 1.165) is 12.2 Å². The highest BCUT2D eigenvalue weighted by Gasteiger charge is 2.20. The van der Waals surface area contributed by atoms with Crippen LogP contribution in [0.4, 0.5) is 5.82 Å². The summed E-state index contributed by atoms with van der Waals surface area (Å²) < 4.78 is 0. The lowest BCUT2D eigenvalue weighted by Gasteiger charge is -2.20. The van der Waals surface area contributed by atoms with E-state index in [2.05, 4.69) is 9.97 Å². The van der Waals surface area contributed by atoms with E-state index in [-0.39, 0.29) is 11.4 Å². The number of rotatable bonds is 2. The number of nitrogens with zero attached hydrogens (tertiary/aromatic N) is 2. The molecule has 1 saturated heterocycles. The number of carbonyl (C=O) groups is 1. The van der Waals surface area contributed by atoms with Crippen molar-refractivity contribution >= 4 is 23.5 Å². The molecule has 1 aliphatic rings. The van der Waals surface area contributed by atoms with E-state index >= 15 is 0 Å². The molecule has 1 fully saturated rings. The molecule has 4 N–H and O–H groups in total. The zero-order valence-corrected chi connectivity index (χ0v) is 9.67. The minimum atomic E-state index is -0.583. The van der Waals surface area contributed by atoms with Gasteiger partial charge in [0.2, 0.25) is 0 Å². The Kier molecular flexibility index (Phi) is 3.28. The summed E-state index contributed by atoms with van der Waals surface area (Å²) in [5.41, 5.74) is 11.0. The SMILES string of the molecule is NC(=O)c1cnc(C2CCCCS2)nc1N. The summed E-state index contributed by atoms with van der Waals surface area (Å²) in [5.74, 6) is 1.45. The quantitative estimate of drug-likeness (QED) is 0.805. The van der Waals surface area contributed by atoms with Crippen molar-refractivity contribution in [1.29, 1.82) is 0 Å². The van der Waals surface area contributed by atoms with Gasteiger partial charge in [-0.3, -0.25) is 4.79 Å². The molecule has 0 radical (unpaired) electrons. The van der Waals surface area contributed by atoms with E-state index in [9.17, 15) is 4.79 Å². The van der Waals surface area contributed by atoms with Crippen molar-refractivity contribution in [2.45, 2.75) is 24.5 Å². The topological polar surface area (TPSA) is 94.9 Å². The maximum atomic E-state index is 11.0. The highest BCUT2D eigenvalue weighted by molar-refractivity contribution is 7.99. The zero-order valence-electron chi connectivity index (χ0n) is 8.85. The van der Waals surface area contributed by atoms with Crippen LogP contribution >= 0.6 is 11.8 Å². The summed E-state index contributed by atoms with van der Waals surface area (Å²) in [6.07, 6.45) is 4.93. The standard InChI is InChI=1S/C10H14N4OS/c11-8-6(9(12)15)5-13-10(14-8)7-3-1-2-4-16-7/h5,7H,1-4H2,(H2,12,15)(H2,11,13,14). The fourth-order valence-corrected chi connectivity index (χ4v) is 2.95. The van der Waals surface area contributed by atoms with Crippen LogP contribution in [0.15, 0.2) is 6.20 Å². The first-order valence-electron chi connectivity index (χ1n) is 5.22. The number of aromatic nitrogens is 2. The van der Waals surface area contributed by atoms with Crippen molar-refractivity contribution in [3.63, 3.8) is 0 Å². The van der Waals surface area contributed by atoms with E-state index in [1.54, 1.807) is 0 Å². The Labute approximate surface area is 98.0 Å². The molecular formula is C10H14N4OS. The Bertz CT molecular complexity index is 404. The van der Waals surface area contributed by atoms with Crippen molar-refractivity contribution in [2.24, 2.45) is 5.73 Å². The van der Waals surface area contributed by atoms with Crippen molar-refractivity contribution in [1.82, 2.24) is 9.97 Å². The molecule has 0 bridgehead atoms. The normalized spacial score (nSPS) is 20.6. The van der Waals surface area contributed by atoms with Crippen molar-refractivity contribution < 1.29 is 4.79 Å². The average Bonchev–Trinajstić information content (AvgIpc) is 2.29. The molecular weight excluding hydrogens is 224 g/mol. The number of hydrogen-bond donors (Lipinski definition) is 2. The van der Waals surface area contributed by atoms with Gasteiger partial charge in [0.1, 0.15) is 11.6 Å². The number of hydrogen-bond acceptors (Lipinski definition) is 5. The van der Waals surface area contributed by atoms with Crippen molar-refractivity contribution in [3.8, 4) is 0 Å². The van der Waals surface area contributed by atoms with Crippen LogP contribution in [-0.4, -0.2) is 21.6 Å². The maximum absolute atomic E-state index is 11.0. The minimum absolute atomic E-state index is 0.184. The first kappa shape index (κ1) is 11.2. The van der Waals surface area contributed by atoms with Gasteiger partial charge in [-0.15, -0.1) is 0 Å². The van der Waals surface area contributed by atoms with E-state index in [1.165, 1.54) is 19.0 Å². The minimum Gasteiger partial charge on any atom is -0.383 e. The Balaban J connectivity index is 2.23. The lowest BCUT2D eigenvalue weighted by Crippen LogP contribution is -2.17. The second kappa shape index (κ2) is 4.69. The van der Waals surface area contributed by atoms with Crippen LogP contribution in [0.2, 0.25) is 0 Å². The Morgan fingerprint density at radius 3 is 2.88 bits per heavy atom. The summed E-state index contributed by atoms with van der Waals surface area (Å²) in [4.78, 5) is 19.3. The average molecular weight is 238 g/mol. The smallest absolute Gasteiger partial charge is 0.254 e. The summed E-state index contributed by atoms with van der Waals surface area (Å²) in [5, 5.41) is 0.304. The van der Waals surface area contributed by atoms with Crippen LogP contribution in [0.25, 0.3) is 0 Å². The number of primary amides is 1. The van der Waals surface area contributed by atoms with Crippen LogP contribution in [0.1, 0.15) is 40.7 Å². The van der Waals surface area contributed by atoms with Gasteiger partial charge in [0.25, 0.3) is 5.91 Å². The molecule has 1 aromatic heterocycles. The molecule has 1 unspecified atom stereocenters. The second-order valence-electron chi connectivity index (χ2n) is 3.75. The molecule has 1 aliphatic heterocycles. The largest absolute Gasteiger partial charge is 0.383 e. The maximum Gasteiger partial charge on any atom is 0.254 e. The lowest BCUT2D eigenvalue weighted by atomic mass is 10.2. The van der Waals surface area contributed by atoms with E-state index < -0.39 is 5.91 Å². The van der Waals surface area contributed by atoms with Gasteiger partial charge < -0.3 is 11.5 Å². The molecule has 2 rings (SSSR count). The van der Waals surface area contributed by atoms with E-state index in [1.807, 2.05) is 11.8 Å². The lowest BCUT2D eigenvalue weighted by molar-refractivity contribution is 0.100. The number of carbonyl (C=O) groups excluding carboxylic acids is 1. The van der Waals surface area contributed by atoms with E-state index in [0.29, 0.717) is 11.1 Å². The predicted octanol–water partition coefficient (Wildman–Crippen LogP) is 1.12. The van der Waals surface area contributed by atoms with E-state index in [4.69, 9.17) is 11.5 Å². The third kappa shape index (κ3) is 2.27. The summed E-state index contributed by atoms with van der Waals surface area (Å²) in [6.45, 7) is 0. The fraction of sp³-hybridized carbons (Fsp3) is 0.500. The summed E-state index contributed by atoms with van der Waals surface area (Å²) in [7, 11) is 0. The van der Waals surface area contributed by atoms with Crippen LogP contribution < -0.4 is 11.5 Å². The monoisotopic (exact) mass is 238 g/mol. The number of anilines is 1. The van der Waals surface area contributed by atoms with Crippen LogP contribution in [0, 0.1) is 0 Å². The number of nitrogen functional groups attached to an aromatic ring is 1. The Hall–Kier alpha value is -1.30. The number of thioether (sulfide) groups is 1. The van der Waals surface area contributed by atoms with Gasteiger partial charge in [0.15, 0.2) is 0 Å². The van der Waals surface area contributed by atoms with Crippen LogP contribution in [-0.2, 0) is 0 Å². The molecule has 5 nitrogen and oxygen atoms in total. The number of amides is 1. The van der Waals surface area contributed by atoms with Gasteiger partial charge in [-0.2, -0.15) is 11.8 Å².